The van der Waals surface area contributed by atoms with Crippen LogP contribution in [0.2, 0.25) is 0 Å². The molecule has 2 heterocycles. The number of rotatable bonds is 3. The predicted octanol–water partition coefficient (Wildman–Crippen LogP) is -0.208. The third-order valence-corrected chi connectivity index (χ3v) is 2.66. The molecule has 0 saturated carbocycles. The topological polar surface area (TPSA) is 78.7 Å². The first-order valence-electron chi connectivity index (χ1n) is 5.36. The van der Waals surface area contributed by atoms with Crippen molar-refractivity contribution in [2.24, 2.45) is 12.8 Å². The standard InChI is InChI=1S/C11H15N5O/c1-8-3-4-9(5-12)11(17)16(8)7-10-6-15(2)14-13-10/h3-4,6H,5,7,12H2,1-2H3. The van der Waals surface area contributed by atoms with E-state index in [1.54, 1.807) is 28.6 Å². The van der Waals surface area contributed by atoms with Gasteiger partial charge < -0.3 is 10.3 Å². The molecule has 0 fully saturated rings. The van der Waals surface area contributed by atoms with Crippen LogP contribution in [0.15, 0.2) is 23.1 Å². The number of nitrogens with two attached hydrogens (primary N) is 1. The quantitative estimate of drug-likeness (QED) is 0.795. The number of pyridine rings is 1. The minimum absolute atomic E-state index is 0.0573. The van der Waals surface area contributed by atoms with Gasteiger partial charge in [0.1, 0.15) is 5.69 Å². The average molecular weight is 233 g/mol. The SMILES string of the molecule is Cc1ccc(CN)c(=O)n1Cc1cn(C)nn1. The predicted molar refractivity (Wildman–Crippen MR) is 63.4 cm³/mol. The molecule has 0 saturated heterocycles. The zero-order valence-electron chi connectivity index (χ0n) is 9.92. The molecule has 0 atom stereocenters. The highest BCUT2D eigenvalue weighted by atomic mass is 16.1. The maximum Gasteiger partial charge on any atom is 0.255 e. The summed E-state index contributed by atoms with van der Waals surface area (Å²) in [5.41, 5.74) is 7.72. The minimum Gasteiger partial charge on any atom is -0.326 e. The Morgan fingerprint density at radius 2 is 2.18 bits per heavy atom. The Morgan fingerprint density at radius 3 is 2.76 bits per heavy atom. The van der Waals surface area contributed by atoms with Gasteiger partial charge in [-0.15, -0.1) is 5.10 Å². The molecule has 0 aliphatic carbocycles. The van der Waals surface area contributed by atoms with Crippen molar-refractivity contribution in [3.8, 4) is 0 Å². The Bertz CT molecular complexity index is 584. The molecule has 0 aliphatic heterocycles. The number of hydrogen-bond acceptors (Lipinski definition) is 4. The molecule has 6 nitrogen and oxygen atoms in total. The van der Waals surface area contributed by atoms with Crippen molar-refractivity contribution in [1.82, 2.24) is 19.6 Å². The van der Waals surface area contributed by atoms with Crippen molar-refractivity contribution in [3.05, 3.63) is 45.6 Å². The highest BCUT2D eigenvalue weighted by molar-refractivity contribution is 5.16. The van der Waals surface area contributed by atoms with Crippen LogP contribution in [-0.2, 0) is 20.1 Å². The summed E-state index contributed by atoms with van der Waals surface area (Å²) in [5, 5.41) is 7.81. The van der Waals surface area contributed by atoms with Gasteiger partial charge in [0, 0.05) is 31.0 Å². The van der Waals surface area contributed by atoms with Crippen molar-refractivity contribution in [2.45, 2.75) is 20.0 Å². The molecule has 0 amide bonds. The summed E-state index contributed by atoms with van der Waals surface area (Å²) in [6.07, 6.45) is 1.79. The molecular weight excluding hydrogens is 218 g/mol. The lowest BCUT2D eigenvalue weighted by Crippen LogP contribution is -2.27. The Balaban J connectivity index is 2.41. The van der Waals surface area contributed by atoms with Crippen LogP contribution in [0.3, 0.4) is 0 Å². The second-order valence-electron chi connectivity index (χ2n) is 3.98. The van der Waals surface area contributed by atoms with Gasteiger partial charge in [-0.2, -0.15) is 0 Å². The van der Waals surface area contributed by atoms with Crippen molar-refractivity contribution in [3.63, 3.8) is 0 Å². The Hall–Kier alpha value is -1.95. The summed E-state index contributed by atoms with van der Waals surface area (Å²) < 4.78 is 3.27. The fourth-order valence-electron chi connectivity index (χ4n) is 1.70. The first-order chi connectivity index (χ1) is 8.11. The lowest BCUT2D eigenvalue weighted by Gasteiger charge is -2.09. The van der Waals surface area contributed by atoms with Gasteiger partial charge in [0.2, 0.25) is 0 Å². The summed E-state index contributed by atoms with van der Waals surface area (Å²) in [6.45, 7) is 2.56. The summed E-state index contributed by atoms with van der Waals surface area (Å²) in [5.74, 6) is 0. The molecule has 17 heavy (non-hydrogen) atoms. The van der Waals surface area contributed by atoms with Crippen LogP contribution in [0.5, 0.6) is 0 Å². The minimum atomic E-state index is -0.0573. The molecule has 2 aromatic heterocycles. The number of aryl methyl sites for hydroxylation is 2. The van der Waals surface area contributed by atoms with E-state index in [9.17, 15) is 4.79 Å². The third-order valence-electron chi connectivity index (χ3n) is 2.66. The zero-order chi connectivity index (χ0) is 12.4. The molecule has 0 unspecified atom stereocenters. The fraction of sp³-hybridized carbons (Fsp3) is 0.364. The van der Waals surface area contributed by atoms with Crippen LogP contribution in [0.4, 0.5) is 0 Å². The monoisotopic (exact) mass is 233 g/mol. The summed E-state index contributed by atoms with van der Waals surface area (Å²) in [6, 6.07) is 3.66. The second kappa shape index (κ2) is 4.50. The van der Waals surface area contributed by atoms with Crippen LogP contribution in [0, 0.1) is 6.92 Å². The van der Waals surface area contributed by atoms with E-state index in [2.05, 4.69) is 10.3 Å². The van der Waals surface area contributed by atoms with Crippen LogP contribution in [0.1, 0.15) is 17.0 Å². The molecule has 2 N–H and O–H groups in total. The largest absolute Gasteiger partial charge is 0.326 e. The highest BCUT2D eigenvalue weighted by Crippen LogP contribution is 2.01. The molecule has 2 aromatic rings. The Morgan fingerprint density at radius 1 is 1.41 bits per heavy atom. The van der Waals surface area contributed by atoms with E-state index in [0.29, 0.717) is 12.1 Å². The van der Waals surface area contributed by atoms with Gasteiger partial charge >= 0.3 is 0 Å². The van der Waals surface area contributed by atoms with Gasteiger partial charge in [0.25, 0.3) is 5.56 Å². The second-order valence-corrected chi connectivity index (χ2v) is 3.98. The number of nitrogens with zero attached hydrogens (tertiary/aromatic N) is 4. The smallest absolute Gasteiger partial charge is 0.255 e. The Kier molecular flexibility index (Phi) is 3.06. The summed E-state index contributed by atoms with van der Waals surface area (Å²) in [4.78, 5) is 12.1. The normalized spacial score (nSPS) is 10.8. The van der Waals surface area contributed by atoms with Crippen molar-refractivity contribution >= 4 is 0 Å². The van der Waals surface area contributed by atoms with E-state index in [0.717, 1.165) is 11.4 Å². The molecule has 0 bridgehead atoms. The molecule has 0 radical (unpaired) electrons. The van der Waals surface area contributed by atoms with Crippen molar-refractivity contribution in [2.75, 3.05) is 0 Å². The van der Waals surface area contributed by atoms with Gasteiger partial charge in [-0.1, -0.05) is 11.3 Å². The lowest BCUT2D eigenvalue weighted by molar-refractivity contribution is 0.690. The van der Waals surface area contributed by atoms with Crippen molar-refractivity contribution in [1.29, 1.82) is 0 Å². The Labute approximate surface area is 98.7 Å². The van der Waals surface area contributed by atoms with Crippen LogP contribution in [0.25, 0.3) is 0 Å². The molecule has 0 aromatic carbocycles. The molecule has 0 spiro atoms. The zero-order valence-corrected chi connectivity index (χ0v) is 9.92. The van der Waals surface area contributed by atoms with E-state index in [-0.39, 0.29) is 12.1 Å². The van der Waals surface area contributed by atoms with Crippen LogP contribution >= 0.6 is 0 Å². The average Bonchev–Trinajstić information content (AvgIpc) is 2.70. The molecule has 90 valence electrons. The van der Waals surface area contributed by atoms with E-state index in [1.165, 1.54) is 0 Å². The molecule has 2 rings (SSSR count). The fourth-order valence-corrected chi connectivity index (χ4v) is 1.70. The summed E-state index contributed by atoms with van der Waals surface area (Å²) >= 11 is 0. The summed E-state index contributed by atoms with van der Waals surface area (Å²) in [7, 11) is 1.79. The maximum absolute atomic E-state index is 12.1. The van der Waals surface area contributed by atoms with Gasteiger partial charge in [-0.25, -0.2) is 0 Å². The van der Waals surface area contributed by atoms with Crippen LogP contribution < -0.4 is 11.3 Å². The maximum atomic E-state index is 12.1. The number of aromatic nitrogens is 4. The van der Waals surface area contributed by atoms with Crippen LogP contribution in [-0.4, -0.2) is 19.6 Å². The molecule has 0 aliphatic rings. The van der Waals surface area contributed by atoms with Crippen molar-refractivity contribution < 1.29 is 0 Å². The molecular formula is C11H15N5O. The first-order valence-corrected chi connectivity index (χ1v) is 5.36. The molecule has 6 heteroatoms. The van der Waals surface area contributed by atoms with Gasteiger partial charge in [0.05, 0.1) is 6.54 Å². The van der Waals surface area contributed by atoms with Gasteiger partial charge in [0.15, 0.2) is 0 Å². The van der Waals surface area contributed by atoms with E-state index in [4.69, 9.17) is 5.73 Å². The van der Waals surface area contributed by atoms with E-state index in [1.807, 2.05) is 13.0 Å². The van der Waals surface area contributed by atoms with Gasteiger partial charge in [-0.05, 0) is 13.0 Å². The lowest BCUT2D eigenvalue weighted by atomic mass is 10.2. The third kappa shape index (κ3) is 2.26. The van der Waals surface area contributed by atoms with E-state index >= 15 is 0 Å². The number of hydrogen-bond donors (Lipinski definition) is 1. The van der Waals surface area contributed by atoms with Gasteiger partial charge in [-0.3, -0.25) is 9.48 Å². The highest BCUT2D eigenvalue weighted by Gasteiger charge is 2.07. The van der Waals surface area contributed by atoms with E-state index < -0.39 is 0 Å². The first kappa shape index (κ1) is 11.5.